The van der Waals surface area contributed by atoms with E-state index in [1.54, 1.807) is 0 Å². The predicted octanol–water partition coefficient (Wildman–Crippen LogP) is 1.13. The zero-order valence-electron chi connectivity index (χ0n) is 9.68. The van der Waals surface area contributed by atoms with E-state index >= 15 is 0 Å². The molecule has 0 amide bonds. The molecule has 1 atom stereocenters. The van der Waals surface area contributed by atoms with E-state index < -0.39 is 0 Å². The highest BCUT2D eigenvalue weighted by Gasteiger charge is 1.97. The second-order valence-electron chi connectivity index (χ2n) is 3.78. The Bertz CT molecular complexity index is 109. The summed E-state index contributed by atoms with van der Waals surface area (Å²) in [5.41, 5.74) is 0. The SMILES string of the molecule is CCC(O)CNCCCCCCNC. The van der Waals surface area contributed by atoms with Crippen molar-refractivity contribution in [3.05, 3.63) is 0 Å². The van der Waals surface area contributed by atoms with Gasteiger partial charge in [0.2, 0.25) is 0 Å². The fourth-order valence-electron chi connectivity index (χ4n) is 1.32. The van der Waals surface area contributed by atoms with Crippen molar-refractivity contribution in [1.82, 2.24) is 10.6 Å². The van der Waals surface area contributed by atoms with E-state index in [2.05, 4.69) is 10.6 Å². The van der Waals surface area contributed by atoms with E-state index in [4.69, 9.17) is 0 Å². The molecule has 0 saturated heterocycles. The fourth-order valence-corrected chi connectivity index (χ4v) is 1.32. The van der Waals surface area contributed by atoms with Crippen molar-refractivity contribution in [3.63, 3.8) is 0 Å². The Morgan fingerprint density at radius 2 is 1.71 bits per heavy atom. The molecule has 0 aromatic heterocycles. The topological polar surface area (TPSA) is 44.3 Å². The van der Waals surface area contributed by atoms with Gasteiger partial charge in [0.15, 0.2) is 0 Å². The first-order valence-corrected chi connectivity index (χ1v) is 5.84. The number of hydrogen-bond acceptors (Lipinski definition) is 3. The summed E-state index contributed by atoms with van der Waals surface area (Å²) in [6, 6.07) is 0. The average Bonchev–Trinajstić information content (AvgIpc) is 2.21. The molecule has 0 saturated carbocycles. The zero-order valence-corrected chi connectivity index (χ0v) is 9.68. The van der Waals surface area contributed by atoms with Crippen molar-refractivity contribution in [3.8, 4) is 0 Å². The third-order valence-corrected chi connectivity index (χ3v) is 2.38. The van der Waals surface area contributed by atoms with Crippen LogP contribution in [-0.4, -0.2) is 37.9 Å². The van der Waals surface area contributed by atoms with Gasteiger partial charge < -0.3 is 15.7 Å². The molecule has 0 aliphatic heterocycles. The van der Waals surface area contributed by atoms with Crippen LogP contribution in [0.1, 0.15) is 39.0 Å². The van der Waals surface area contributed by atoms with Crippen LogP contribution in [0.3, 0.4) is 0 Å². The fraction of sp³-hybridized carbons (Fsp3) is 1.00. The second kappa shape index (κ2) is 11.0. The van der Waals surface area contributed by atoms with Crippen molar-refractivity contribution >= 4 is 0 Å². The predicted molar refractivity (Wildman–Crippen MR) is 61.6 cm³/mol. The number of aliphatic hydroxyl groups excluding tert-OH is 1. The minimum atomic E-state index is -0.167. The van der Waals surface area contributed by atoms with Crippen LogP contribution >= 0.6 is 0 Å². The van der Waals surface area contributed by atoms with Gasteiger partial charge in [0, 0.05) is 6.54 Å². The molecule has 0 aliphatic carbocycles. The summed E-state index contributed by atoms with van der Waals surface area (Å²) in [4.78, 5) is 0. The van der Waals surface area contributed by atoms with Gasteiger partial charge in [-0.05, 0) is 39.4 Å². The van der Waals surface area contributed by atoms with Crippen LogP contribution in [0.25, 0.3) is 0 Å². The van der Waals surface area contributed by atoms with Crippen LogP contribution in [0.15, 0.2) is 0 Å². The van der Waals surface area contributed by atoms with Gasteiger partial charge in [0.1, 0.15) is 0 Å². The van der Waals surface area contributed by atoms with Crippen molar-refractivity contribution in [2.75, 3.05) is 26.7 Å². The molecule has 0 bridgehead atoms. The van der Waals surface area contributed by atoms with Crippen molar-refractivity contribution in [1.29, 1.82) is 0 Å². The Morgan fingerprint density at radius 3 is 2.29 bits per heavy atom. The van der Waals surface area contributed by atoms with Crippen LogP contribution in [0, 0.1) is 0 Å². The molecule has 0 spiro atoms. The number of aliphatic hydroxyl groups is 1. The first-order chi connectivity index (χ1) is 6.81. The molecule has 0 aromatic carbocycles. The van der Waals surface area contributed by atoms with E-state index in [0.717, 1.165) is 26.1 Å². The summed E-state index contributed by atoms with van der Waals surface area (Å²) in [7, 11) is 1.99. The number of nitrogens with one attached hydrogen (secondary N) is 2. The molecule has 0 aromatic rings. The van der Waals surface area contributed by atoms with Crippen LogP contribution in [-0.2, 0) is 0 Å². The first kappa shape index (κ1) is 13.9. The first-order valence-electron chi connectivity index (χ1n) is 5.84. The summed E-state index contributed by atoms with van der Waals surface area (Å²) < 4.78 is 0. The van der Waals surface area contributed by atoms with Gasteiger partial charge in [-0.2, -0.15) is 0 Å². The van der Waals surface area contributed by atoms with Crippen LogP contribution in [0.4, 0.5) is 0 Å². The second-order valence-corrected chi connectivity index (χ2v) is 3.78. The van der Waals surface area contributed by atoms with Crippen LogP contribution < -0.4 is 10.6 Å². The van der Waals surface area contributed by atoms with Gasteiger partial charge in [-0.15, -0.1) is 0 Å². The largest absolute Gasteiger partial charge is 0.392 e. The Balaban J connectivity index is 2.92. The zero-order chi connectivity index (χ0) is 10.6. The molecule has 1 unspecified atom stereocenters. The molecular weight excluding hydrogens is 176 g/mol. The highest BCUT2D eigenvalue weighted by molar-refractivity contribution is 4.56. The van der Waals surface area contributed by atoms with E-state index in [1.165, 1.54) is 25.7 Å². The smallest absolute Gasteiger partial charge is 0.0662 e. The minimum Gasteiger partial charge on any atom is -0.392 e. The van der Waals surface area contributed by atoms with Gasteiger partial charge in [0.05, 0.1) is 6.10 Å². The third-order valence-electron chi connectivity index (χ3n) is 2.38. The number of unbranched alkanes of at least 4 members (excludes halogenated alkanes) is 3. The number of rotatable bonds is 10. The standard InChI is InChI=1S/C11H26N2O/c1-3-11(14)10-13-9-7-5-4-6-8-12-2/h11-14H,3-10H2,1-2H3. The molecule has 86 valence electrons. The molecule has 3 heteroatoms. The van der Waals surface area contributed by atoms with Crippen molar-refractivity contribution in [2.45, 2.75) is 45.1 Å². The lowest BCUT2D eigenvalue weighted by molar-refractivity contribution is 0.167. The van der Waals surface area contributed by atoms with Gasteiger partial charge in [-0.1, -0.05) is 19.8 Å². The maximum absolute atomic E-state index is 9.26. The third kappa shape index (κ3) is 9.96. The monoisotopic (exact) mass is 202 g/mol. The summed E-state index contributed by atoms with van der Waals surface area (Å²) in [6.45, 7) is 4.91. The van der Waals surface area contributed by atoms with Gasteiger partial charge >= 0.3 is 0 Å². The normalized spacial score (nSPS) is 13.1. The number of hydrogen-bond donors (Lipinski definition) is 3. The van der Waals surface area contributed by atoms with Crippen molar-refractivity contribution in [2.24, 2.45) is 0 Å². The highest BCUT2D eigenvalue weighted by Crippen LogP contribution is 1.97. The maximum Gasteiger partial charge on any atom is 0.0662 e. The molecule has 0 radical (unpaired) electrons. The maximum atomic E-state index is 9.26. The van der Waals surface area contributed by atoms with Crippen molar-refractivity contribution < 1.29 is 5.11 Å². The quantitative estimate of drug-likeness (QED) is 0.465. The van der Waals surface area contributed by atoms with E-state index in [1.807, 2.05) is 14.0 Å². The van der Waals surface area contributed by atoms with Crippen LogP contribution in [0.5, 0.6) is 0 Å². The van der Waals surface area contributed by atoms with Gasteiger partial charge in [-0.25, -0.2) is 0 Å². The highest BCUT2D eigenvalue weighted by atomic mass is 16.3. The Labute approximate surface area is 88.3 Å². The summed E-state index contributed by atoms with van der Waals surface area (Å²) in [6.07, 6.45) is 5.76. The molecule has 0 heterocycles. The minimum absolute atomic E-state index is 0.167. The van der Waals surface area contributed by atoms with E-state index in [0.29, 0.717) is 0 Å². The molecular formula is C11H26N2O. The molecule has 0 fully saturated rings. The lowest BCUT2D eigenvalue weighted by Crippen LogP contribution is -2.26. The lowest BCUT2D eigenvalue weighted by atomic mass is 10.2. The molecule has 14 heavy (non-hydrogen) atoms. The van der Waals surface area contributed by atoms with E-state index in [-0.39, 0.29) is 6.10 Å². The van der Waals surface area contributed by atoms with Crippen LogP contribution in [0.2, 0.25) is 0 Å². The lowest BCUT2D eigenvalue weighted by Gasteiger charge is -2.08. The Morgan fingerprint density at radius 1 is 1.07 bits per heavy atom. The summed E-state index contributed by atoms with van der Waals surface area (Å²) in [5.74, 6) is 0. The Hall–Kier alpha value is -0.120. The summed E-state index contributed by atoms with van der Waals surface area (Å²) in [5, 5.41) is 15.7. The van der Waals surface area contributed by atoms with E-state index in [9.17, 15) is 5.11 Å². The molecule has 0 rings (SSSR count). The molecule has 3 nitrogen and oxygen atoms in total. The van der Waals surface area contributed by atoms with Gasteiger partial charge in [0.25, 0.3) is 0 Å². The summed E-state index contributed by atoms with van der Waals surface area (Å²) >= 11 is 0. The molecule has 3 N–H and O–H groups in total. The molecule has 0 aliphatic rings. The Kier molecular flexibility index (Phi) is 10.9. The van der Waals surface area contributed by atoms with Gasteiger partial charge in [-0.3, -0.25) is 0 Å². The average molecular weight is 202 g/mol.